The fourth-order valence-electron chi connectivity index (χ4n) is 2.24. The van der Waals surface area contributed by atoms with E-state index in [-0.39, 0.29) is 17.7 Å². The van der Waals surface area contributed by atoms with Crippen LogP contribution in [0.25, 0.3) is 0 Å². The fraction of sp³-hybridized carbons (Fsp3) is 0.250. The molecule has 0 saturated heterocycles. The maximum absolute atomic E-state index is 11.6. The first-order valence-corrected chi connectivity index (χ1v) is 6.14. The molecule has 0 aromatic heterocycles. The van der Waals surface area contributed by atoms with Gasteiger partial charge in [-0.05, 0) is 31.1 Å². The number of carbonyl (C=O) groups is 2. The lowest BCUT2D eigenvalue weighted by molar-refractivity contribution is -0.139. The van der Waals surface area contributed by atoms with Crippen LogP contribution < -0.4 is 0 Å². The van der Waals surface area contributed by atoms with Crippen molar-refractivity contribution in [1.29, 1.82) is 0 Å². The molecule has 0 unspecified atom stereocenters. The van der Waals surface area contributed by atoms with Crippen LogP contribution in [-0.2, 0) is 14.3 Å². The molecule has 2 atom stereocenters. The van der Waals surface area contributed by atoms with E-state index in [1.165, 1.54) is 13.0 Å². The van der Waals surface area contributed by atoms with Gasteiger partial charge in [-0.1, -0.05) is 36.4 Å². The minimum absolute atomic E-state index is 0.0946. The average Bonchev–Trinajstić information content (AvgIpc) is 2.76. The zero-order valence-corrected chi connectivity index (χ0v) is 11.1. The van der Waals surface area contributed by atoms with Gasteiger partial charge < -0.3 is 4.74 Å². The van der Waals surface area contributed by atoms with Crippen LogP contribution >= 0.6 is 0 Å². The van der Waals surface area contributed by atoms with Crippen LogP contribution in [0.3, 0.4) is 0 Å². The molecule has 3 heteroatoms. The minimum atomic E-state index is -0.453. The summed E-state index contributed by atoms with van der Waals surface area (Å²) in [6.45, 7) is 7.31. The van der Waals surface area contributed by atoms with E-state index in [4.69, 9.17) is 4.74 Å². The molecule has 0 amide bonds. The molecular formula is C16H16O3. The topological polar surface area (TPSA) is 43.4 Å². The Balaban J connectivity index is 2.40. The van der Waals surface area contributed by atoms with Gasteiger partial charge in [-0.2, -0.15) is 0 Å². The Kier molecular flexibility index (Phi) is 3.65. The maximum atomic E-state index is 11.6. The van der Waals surface area contributed by atoms with Crippen LogP contribution in [0.1, 0.15) is 24.0 Å². The van der Waals surface area contributed by atoms with Crippen molar-refractivity contribution in [2.75, 3.05) is 0 Å². The van der Waals surface area contributed by atoms with E-state index in [0.29, 0.717) is 5.57 Å². The molecule has 1 aromatic rings. The van der Waals surface area contributed by atoms with Gasteiger partial charge in [0, 0.05) is 6.08 Å². The fourth-order valence-corrected chi connectivity index (χ4v) is 2.24. The van der Waals surface area contributed by atoms with Gasteiger partial charge in [0.1, 0.15) is 6.10 Å². The molecule has 0 saturated carbocycles. The van der Waals surface area contributed by atoms with Crippen molar-refractivity contribution in [2.45, 2.75) is 25.9 Å². The van der Waals surface area contributed by atoms with E-state index in [1.807, 2.05) is 31.2 Å². The second-order valence-corrected chi connectivity index (χ2v) is 4.73. The lowest BCUT2D eigenvalue weighted by Crippen LogP contribution is -2.23. The number of benzene rings is 1. The van der Waals surface area contributed by atoms with Gasteiger partial charge in [0.15, 0.2) is 5.78 Å². The number of ether oxygens (including phenoxy) is 1. The van der Waals surface area contributed by atoms with Crippen LogP contribution in [0.15, 0.2) is 48.6 Å². The maximum Gasteiger partial charge on any atom is 0.331 e. The monoisotopic (exact) mass is 256 g/mol. The van der Waals surface area contributed by atoms with Crippen molar-refractivity contribution in [3.8, 4) is 0 Å². The largest absolute Gasteiger partial charge is 0.454 e. The highest BCUT2D eigenvalue weighted by Gasteiger charge is 2.31. The van der Waals surface area contributed by atoms with Gasteiger partial charge >= 0.3 is 5.97 Å². The van der Waals surface area contributed by atoms with E-state index in [2.05, 4.69) is 6.58 Å². The van der Waals surface area contributed by atoms with Crippen molar-refractivity contribution in [2.24, 2.45) is 0 Å². The van der Waals surface area contributed by atoms with Gasteiger partial charge in [-0.15, -0.1) is 0 Å². The number of ketones is 1. The van der Waals surface area contributed by atoms with Crippen molar-refractivity contribution in [1.82, 2.24) is 0 Å². The summed E-state index contributed by atoms with van der Waals surface area (Å²) < 4.78 is 5.23. The Morgan fingerprint density at radius 1 is 1.42 bits per heavy atom. The van der Waals surface area contributed by atoms with Gasteiger partial charge in [0.05, 0.1) is 5.92 Å². The summed E-state index contributed by atoms with van der Waals surface area (Å²) in [5, 5.41) is 0. The predicted molar refractivity (Wildman–Crippen MR) is 72.8 cm³/mol. The van der Waals surface area contributed by atoms with Crippen LogP contribution in [0.4, 0.5) is 0 Å². The first-order valence-electron chi connectivity index (χ1n) is 6.14. The summed E-state index contributed by atoms with van der Waals surface area (Å²) in [6.07, 6.45) is 2.62. The van der Waals surface area contributed by atoms with E-state index in [0.717, 1.165) is 11.1 Å². The highest BCUT2D eigenvalue weighted by Crippen LogP contribution is 2.32. The van der Waals surface area contributed by atoms with Gasteiger partial charge in [0.25, 0.3) is 0 Å². The van der Waals surface area contributed by atoms with Crippen molar-refractivity contribution in [3.63, 3.8) is 0 Å². The third-order valence-electron chi connectivity index (χ3n) is 3.23. The molecule has 1 aliphatic heterocycles. The Labute approximate surface area is 112 Å². The molecule has 98 valence electrons. The van der Waals surface area contributed by atoms with Gasteiger partial charge in [0.2, 0.25) is 0 Å². The van der Waals surface area contributed by atoms with Crippen LogP contribution in [0.2, 0.25) is 0 Å². The van der Waals surface area contributed by atoms with Crippen molar-refractivity contribution >= 4 is 11.8 Å². The molecule has 2 rings (SSSR count). The Morgan fingerprint density at radius 3 is 2.68 bits per heavy atom. The molecule has 0 spiro atoms. The third kappa shape index (κ3) is 2.81. The minimum Gasteiger partial charge on any atom is -0.454 e. The molecule has 1 aromatic carbocycles. The van der Waals surface area contributed by atoms with Crippen LogP contribution in [-0.4, -0.2) is 17.9 Å². The Bertz CT molecular complexity index is 569. The van der Waals surface area contributed by atoms with E-state index in [9.17, 15) is 9.59 Å². The molecule has 0 fully saturated rings. The smallest absolute Gasteiger partial charge is 0.331 e. The number of hydrogen-bond acceptors (Lipinski definition) is 3. The second-order valence-electron chi connectivity index (χ2n) is 4.73. The first-order chi connectivity index (χ1) is 8.99. The number of aryl methyl sites for hydroxylation is 1. The van der Waals surface area contributed by atoms with Crippen molar-refractivity contribution in [3.05, 3.63) is 59.7 Å². The summed E-state index contributed by atoms with van der Waals surface area (Å²) in [7, 11) is 0. The average molecular weight is 256 g/mol. The second kappa shape index (κ2) is 5.22. The summed E-state index contributed by atoms with van der Waals surface area (Å²) in [5.74, 6) is -0.790. The highest BCUT2D eigenvalue weighted by molar-refractivity contribution is 5.95. The molecule has 19 heavy (non-hydrogen) atoms. The Hall–Kier alpha value is -2.16. The van der Waals surface area contributed by atoms with Crippen LogP contribution in [0.5, 0.6) is 0 Å². The third-order valence-corrected chi connectivity index (χ3v) is 3.23. The molecule has 1 heterocycles. The van der Waals surface area contributed by atoms with E-state index in [1.54, 1.807) is 6.08 Å². The zero-order valence-electron chi connectivity index (χ0n) is 11.1. The number of cyclic esters (lactones) is 1. The van der Waals surface area contributed by atoms with E-state index >= 15 is 0 Å². The zero-order chi connectivity index (χ0) is 14.0. The summed E-state index contributed by atoms with van der Waals surface area (Å²) >= 11 is 0. The van der Waals surface area contributed by atoms with Gasteiger partial charge in [-0.3, -0.25) is 4.79 Å². The first kappa shape index (κ1) is 13.3. The number of esters is 1. The molecule has 0 N–H and O–H groups in total. The molecule has 3 nitrogen and oxygen atoms in total. The molecule has 0 aliphatic carbocycles. The highest BCUT2D eigenvalue weighted by atomic mass is 16.5. The molecule has 0 bridgehead atoms. The number of Topliss-reactive ketones (excluding diaryl/α,β-unsaturated/α-hetero) is 1. The quantitative estimate of drug-likeness (QED) is 0.614. The Morgan fingerprint density at radius 2 is 2.16 bits per heavy atom. The number of hydrogen-bond donors (Lipinski definition) is 0. The number of rotatable bonds is 4. The predicted octanol–water partition coefficient (Wildman–Crippen LogP) is 2.71. The van der Waals surface area contributed by atoms with Gasteiger partial charge in [-0.25, -0.2) is 4.79 Å². The summed E-state index contributed by atoms with van der Waals surface area (Å²) in [5.41, 5.74) is 2.48. The molecular weight excluding hydrogens is 240 g/mol. The molecule has 1 aliphatic rings. The summed E-state index contributed by atoms with van der Waals surface area (Å²) in [4.78, 5) is 22.8. The standard InChI is InChI=1S/C16H16O3/c1-10-5-4-6-13(9-10)16(11(2)12(3)17)14-7-8-15(18)19-14/h4-9,14,16H,2H2,1,3H3/t14-,16-/m0/s1. The summed E-state index contributed by atoms with van der Waals surface area (Å²) in [6, 6.07) is 7.81. The molecule has 0 radical (unpaired) electrons. The van der Waals surface area contributed by atoms with E-state index < -0.39 is 6.10 Å². The van der Waals surface area contributed by atoms with Crippen molar-refractivity contribution < 1.29 is 14.3 Å². The lowest BCUT2D eigenvalue weighted by Gasteiger charge is -2.23. The normalized spacial score (nSPS) is 19.1. The number of carbonyl (C=O) groups excluding carboxylic acids is 2. The lowest BCUT2D eigenvalue weighted by atomic mass is 9.85. The SMILES string of the molecule is C=C(C(C)=O)[C@@H](c1cccc(C)c1)[C@@H]1C=CC(=O)O1. The van der Waals surface area contributed by atoms with Crippen LogP contribution in [0, 0.1) is 6.92 Å².